The number of aryl methyl sites for hydroxylation is 1. The smallest absolute Gasteiger partial charge is 0.273 e. The molecule has 1 amide bonds. The van der Waals surface area contributed by atoms with Crippen LogP contribution in [0.3, 0.4) is 0 Å². The van der Waals surface area contributed by atoms with Gasteiger partial charge in [0.25, 0.3) is 11.1 Å². The summed E-state index contributed by atoms with van der Waals surface area (Å²) >= 11 is 1.27. The molecule has 0 bridgehead atoms. The summed E-state index contributed by atoms with van der Waals surface area (Å²) in [6, 6.07) is 6.02. The van der Waals surface area contributed by atoms with Crippen molar-refractivity contribution in [2.75, 3.05) is 20.2 Å². The molecule has 1 aromatic carbocycles. The molecule has 1 saturated heterocycles. The molecule has 0 N–H and O–H groups in total. The van der Waals surface area contributed by atoms with Crippen molar-refractivity contribution < 1.29 is 18.7 Å². The summed E-state index contributed by atoms with van der Waals surface area (Å²) < 4.78 is 23.9. The number of halogens is 1. The third kappa shape index (κ3) is 3.67. The summed E-state index contributed by atoms with van der Waals surface area (Å²) in [4.78, 5) is 19.3. The lowest BCUT2D eigenvalue weighted by atomic mass is 10.1. The number of hydrogen-bond acceptors (Lipinski definition) is 5. The van der Waals surface area contributed by atoms with Crippen LogP contribution in [0.4, 0.5) is 4.39 Å². The maximum absolute atomic E-state index is 12.9. The van der Waals surface area contributed by atoms with Gasteiger partial charge in [-0.1, -0.05) is 11.3 Å². The Kier molecular flexibility index (Phi) is 4.99. The second-order valence-electron chi connectivity index (χ2n) is 5.66. The minimum Gasteiger partial charge on any atom is -0.490 e. The second-order valence-corrected chi connectivity index (χ2v) is 6.62. The number of thiazole rings is 1. The van der Waals surface area contributed by atoms with E-state index in [9.17, 15) is 9.18 Å². The molecule has 5 nitrogen and oxygen atoms in total. The van der Waals surface area contributed by atoms with E-state index in [1.54, 1.807) is 19.2 Å². The molecule has 1 aliphatic rings. The molecule has 2 aromatic rings. The number of carbonyl (C=O) groups is 1. The normalized spacial score (nSPS) is 15.4. The van der Waals surface area contributed by atoms with E-state index in [0.29, 0.717) is 34.6 Å². The lowest BCUT2D eigenvalue weighted by Gasteiger charge is -2.32. The quantitative estimate of drug-likeness (QED) is 0.849. The third-order valence-corrected chi connectivity index (χ3v) is 5.10. The molecule has 0 unspecified atom stereocenters. The molecule has 1 aliphatic heterocycles. The van der Waals surface area contributed by atoms with E-state index in [2.05, 4.69) is 4.98 Å². The van der Waals surface area contributed by atoms with Crippen LogP contribution in [-0.2, 0) is 0 Å². The SMILES string of the molecule is COc1nc(C)c(C(=O)N2CCC(Oc3ccc(F)cc3)CC2)s1. The molecular weight excluding hydrogens is 331 g/mol. The fourth-order valence-electron chi connectivity index (χ4n) is 2.68. The Balaban J connectivity index is 1.57. The van der Waals surface area contributed by atoms with Gasteiger partial charge in [0.2, 0.25) is 0 Å². The van der Waals surface area contributed by atoms with E-state index >= 15 is 0 Å². The number of carbonyl (C=O) groups excluding carboxylic acids is 1. The number of amides is 1. The van der Waals surface area contributed by atoms with Crippen LogP contribution in [0.2, 0.25) is 0 Å². The number of likely N-dealkylation sites (tertiary alicyclic amines) is 1. The first kappa shape index (κ1) is 16.7. The van der Waals surface area contributed by atoms with Gasteiger partial charge in [-0.15, -0.1) is 0 Å². The van der Waals surface area contributed by atoms with Gasteiger partial charge in [0.15, 0.2) is 0 Å². The van der Waals surface area contributed by atoms with Gasteiger partial charge in [0, 0.05) is 25.9 Å². The van der Waals surface area contributed by atoms with Crippen molar-refractivity contribution in [2.45, 2.75) is 25.9 Å². The summed E-state index contributed by atoms with van der Waals surface area (Å²) in [5, 5.41) is 0.505. The Hall–Kier alpha value is -2.15. The number of ether oxygens (including phenoxy) is 2. The number of rotatable bonds is 4. The minimum absolute atomic E-state index is 0.00599. The highest BCUT2D eigenvalue weighted by Crippen LogP contribution is 2.27. The number of aromatic nitrogens is 1. The number of hydrogen-bond donors (Lipinski definition) is 0. The number of piperidine rings is 1. The number of methoxy groups -OCH3 is 1. The summed E-state index contributed by atoms with van der Waals surface area (Å²) in [7, 11) is 1.55. The average Bonchev–Trinajstić information content (AvgIpc) is 2.98. The topological polar surface area (TPSA) is 51.7 Å². The van der Waals surface area contributed by atoms with E-state index in [-0.39, 0.29) is 17.8 Å². The molecule has 0 radical (unpaired) electrons. The van der Waals surface area contributed by atoms with Crippen molar-refractivity contribution in [1.82, 2.24) is 9.88 Å². The van der Waals surface area contributed by atoms with E-state index < -0.39 is 0 Å². The van der Waals surface area contributed by atoms with Crippen molar-refractivity contribution in [1.29, 1.82) is 0 Å². The molecule has 0 atom stereocenters. The predicted octanol–water partition coefficient (Wildman–Crippen LogP) is 3.28. The molecule has 7 heteroatoms. The zero-order valence-corrected chi connectivity index (χ0v) is 14.4. The van der Waals surface area contributed by atoms with Gasteiger partial charge >= 0.3 is 0 Å². The highest BCUT2D eigenvalue weighted by molar-refractivity contribution is 7.15. The summed E-state index contributed by atoms with van der Waals surface area (Å²) in [6.45, 7) is 3.07. The third-order valence-electron chi connectivity index (χ3n) is 3.99. The fourth-order valence-corrected chi connectivity index (χ4v) is 3.53. The molecule has 0 spiro atoms. The first-order chi connectivity index (χ1) is 11.6. The molecule has 1 fully saturated rings. The molecule has 128 valence electrons. The second kappa shape index (κ2) is 7.17. The van der Waals surface area contributed by atoms with Crippen molar-refractivity contribution in [3.05, 3.63) is 40.7 Å². The standard InChI is InChI=1S/C17H19FN2O3S/c1-11-15(24-17(19-11)22-2)16(21)20-9-7-14(8-10-20)23-13-5-3-12(18)4-6-13/h3-6,14H,7-10H2,1-2H3. The Morgan fingerprint density at radius 2 is 1.96 bits per heavy atom. The van der Waals surface area contributed by atoms with Crippen LogP contribution in [0.15, 0.2) is 24.3 Å². The molecule has 24 heavy (non-hydrogen) atoms. The number of benzene rings is 1. The van der Waals surface area contributed by atoms with Crippen LogP contribution >= 0.6 is 11.3 Å². The molecule has 0 saturated carbocycles. The molecule has 0 aliphatic carbocycles. The van der Waals surface area contributed by atoms with Gasteiger partial charge < -0.3 is 14.4 Å². The van der Waals surface area contributed by atoms with Crippen LogP contribution in [0.5, 0.6) is 10.9 Å². The van der Waals surface area contributed by atoms with Crippen LogP contribution in [0.1, 0.15) is 28.2 Å². The van der Waals surface area contributed by atoms with Crippen LogP contribution in [0.25, 0.3) is 0 Å². The fraction of sp³-hybridized carbons (Fsp3) is 0.412. The number of nitrogens with zero attached hydrogens (tertiary/aromatic N) is 2. The van der Waals surface area contributed by atoms with Gasteiger partial charge in [-0.2, -0.15) is 0 Å². The molecule has 1 aromatic heterocycles. The Morgan fingerprint density at radius 1 is 1.29 bits per heavy atom. The monoisotopic (exact) mass is 350 g/mol. The lowest BCUT2D eigenvalue weighted by Crippen LogP contribution is -2.41. The maximum Gasteiger partial charge on any atom is 0.273 e. The van der Waals surface area contributed by atoms with Crippen LogP contribution < -0.4 is 9.47 Å². The predicted molar refractivity (Wildman–Crippen MR) is 89.4 cm³/mol. The highest BCUT2D eigenvalue weighted by Gasteiger charge is 2.27. The maximum atomic E-state index is 12.9. The summed E-state index contributed by atoms with van der Waals surface area (Å²) in [5.41, 5.74) is 0.700. The zero-order valence-electron chi connectivity index (χ0n) is 13.6. The van der Waals surface area contributed by atoms with Gasteiger partial charge in [0.1, 0.15) is 22.5 Å². The minimum atomic E-state index is -0.280. The van der Waals surface area contributed by atoms with E-state index in [4.69, 9.17) is 9.47 Å². The zero-order chi connectivity index (χ0) is 17.1. The van der Waals surface area contributed by atoms with Crippen molar-refractivity contribution in [2.24, 2.45) is 0 Å². The Morgan fingerprint density at radius 3 is 2.54 bits per heavy atom. The average molecular weight is 350 g/mol. The first-order valence-corrected chi connectivity index (χ1v) is 8.61. The first-order valence-electron chi connectivity index (χ1n) is 7.79. The van der Waals surface area contributed by atoms with Gasteiger partial charge in [-0.25, -0.2) is 9.37 Å². The van der Waals surface area contributed by atoms with Crippen molar-refractivity contribution in [3.8, 4) is 10.9 Å². The van der Waals surface area contributed by atoms with Crippen LogP contribution in [-0.4, -0.2) is 42.1 Å². The van der Waals surface area contributed by atoms with Gasteiger partial charge in [0.05, 0.1) is 12.8 Å². The summed E-state index contributed by atoms with van der Waals surface area (Å²) in [5.74, 6) is 0.371. The van der Waals surface area contributed by atoms with E-state index in [0.717, 1.165) is 12.8 Å². The van der Waals surface area contributed by atoms with Crippen LogP contribution in [0, 0.1) is 12.7 Å². The highest BCUT2D eigenvalue weighted by atomic mass is 32.1. The van der Waals surface area contributed by atoms with Crippen molar-refractivity contribution >= 4 is 17.2 Å². The van der Waals surface area contributed by atoms with Gasteiger partial charge in [-0.05, 0) is 31.2 Å². The van der Waals surface area contributed by atoms with E-state index in [1.165, 1.54) is 23.5 Å². The Labute approximate surface area is 144 Å². The molecule has 3 rings (SSSR count). The van der Waals surface area contributed by atoms with E-state index in [1.807, 2.05) is 11.8 Å². The summed E-state index contributed by atoms with van der Waals surface area (Å²) in [6.07, 6.45) is 1.53. The Bertz CT molecular complexity index is 709. The molecular formula is C17H19FN2O3S. The molecule has 2 heterocycles. The van der Waals surface area contributed by atoms with Gasteiger partial charge in [-0.3, -0.25) is 4.79 Å². The largest absolute Gasteiger partial charge is 0.490 e. The van der Waals surface area contributed by atoms with Crippen molar-refractivity contribution in [3.63, 3.8) is 0 Å². The lowest BCUT2D eigenvalue weighted by molar-refractivity contribution is 0.0599.